The zero-order valence-electron chi connectivity index (χ0n) is 8.42. The van der Waals surface area contributed by atoms with Gasteiger partial charge in [-0.25, -0.2) is 0 Å². The van der Waals surface area contributed by atoms with Crippen molar-refractivity contribution < 1.29 is 14.6 Å². The van der Waals surface area contributed by atoms with Crippen LogP contribution in [0.3, 0.4) is 0 Å². The average Bonchev–Trinajstić information content (AvgIpc) is 2.58. The van der Waals surface area contributed by atoms with Gasteiger partial charge in [-0.2, -0.15) is 0 Å². The first-order valence-electron chi connectivity index (χ1n) is 4.46. The van der Waals surface area contributed by atoms with E-state index >= 15 is 0 Å². The second-order valence-corrected chi connectivity index (χ2v) is 3.42. The SMILES string of the molecule is Cc1ccc(C2(O)C=CC=CC2O)o1.[B]. The van der Waals surface area contributed by atoms with Gasteiger partial charge in [0.15, 0.2) is 5.60 Å². The molecule has 0 bridgehead atoms. The number of aryl methyl sites for hydroxylation is 1. The monoisotopic (exact) mass is 203 g/mol. The Balaban J connectivity index is 0.00000112. The normalized spacial score (nSPS) is 28.9. The highest BCUT2D eigenvalue weighted by Gasteiger charge is 2.37. The molecule has 0 aliphatic heterocycles. The molecule has 0 spiro atoms. The Morgan fingerprint density at radius 1 is 1.33 bits per heavy atom. The zero-order chi connectivity index (χ0) is 10.2. The summed E-state index contributed by atoms with van der Waals surface area (Å²) in [6.07, 6.45) is 5.46. The molecule has 1 heterocycles. The quantitative estimate of drug-likeness (QED) is 0.666. The van der Waals surface area contributed by atoms with Crippen LogP contribution in [0.5, 0.6) is 0 Å². The highest BCUT2D eigenvalue weighted by atomic mass is 16.4. The molecule has 0 saturated heterocycles. The lowest BCUT2D eigenvalue weighted by atomic mass is 9.90. The highest BCUT2D eigenvalue weighted by molar-refractivity contribution is 5.75. The molecule has 0 saturated carbocycles. The van der Waals surface area contributed by atoms with Crippen molar-refractivity contribution in [3.8, 4) is 0 Å². The summed E-state index contributed by atoms with van der Waals surface area (Å²) in [7, 11) is 0. The van der Waals surface area contributed by atoms with Crippen molar-refractivity contribution in [2.75, 3.05) is 0 Å². The van der Waals surface area contributed by atoms with E-state index in [9.17, 15) is 10.2 Å². The summed E-state index contributed by atoms with van der Waals surface area (Å²) in [5.74, 6) is 1.08. The predicted octanol–water partition coefficient (Wildman–Crippen LogP) is 0.882. The van der Waals surface area contributed by atoms with E-state index in [0.717, 1.165) is 0 Å². The van der Waals surface area contributed by atoms with Gasteiger partial charge in [0.2, 0.25) is 0 Å². The predicted molar refractivity (Wildman–Crippen MR) is 57.4 cm³/mol. The molecule has 0 aromatic carbocycles. The lowest BCUT2D eigenvalue weighted by molar-refractivity contribution is -0.0347. The van der Waals surface area contributed by atoms with Gasteiger partial charge in [-0.05, 0) is 25.1 Å². The highest BCUT2D eigenvalue weighted by Crippen LogP contribution is 2.31. The lowest BCUT2D eigenvalue weighted by Gasteiger charge is -2.27. The van der Waals surface area contributed by atoms with Crippen molar-refractivity contribution in [3.05, 3.63) is 48.0 Å². The minimum Gasteiger partial charge on any atom is -0.463 e. The summed E-state index contributed by atoms with van der Waals surface area (Å²) in [6.45, 7) is 1.79. The fourth-order valence-corrected chi connectivity index (χ4v) is 1.49. The topological polar surface area (TPSA) is 53.6 Å². The molecule has 77 valence electrons. The molecule has 1 aromatic rings. The van der Waals surface area contributed by atoms with E-state index in [1.165, 1.54) is 12.2 Å². The van der Waals surface area contributed by atoms with Gasteiger partial charge in [-0.15, -0.1) is 0 Å². The van der Waals surface area contributed by atoms with E-state index in [2.05, 4.69) is 0 Å². The van der Waals surface area contributed by atoms with Gasteiger partial charge in [0.05, 0.1) is 0 Å². The van der Waals surface area contributed by atoms with Crippen LogP contribution in [0.25, 0.3) is 0 Å². The number of rotatable bonds is 1. The van der Waals surface area contributed by atoms with Crippen molar-refractivity contribution in [2.45, 2.75) is 18.6 Å². The van der Waals surface area contributed by atoms with Crippen molar-refractivity contribution >= 4 is 8.41 Å². The van der Waals surface area contributed by atoms with Gasteiger partial charge in [-0.1, -0.05) is 18.2 Å². The molecule has 2 N–H and O–H groups in total. The second kappa shape index (κ2) is 4.09. The zero-order valence-corrected chi connectivity index (χ0v) is 8.42. The average molecular weight is 203 g/mol. The van der Waals surface area contributed by atoms with Crippen LogP contribution in [-0.4, -0.2) is 24.7 Å². The van der Waals surface area contributed by atoms with Crippen LogP contribution >= 0.6 is 0 Å². The first kappa shape index (κ1) is 11.8. The summed E-state index contributed by atoms with van der Waals surface area (Å²) in [6, 6.07) is 3.42. The van der Waals surface area contributed by atoms with Crippen LogP contribution in [0, 0.1) is 6.92 Å². The van der Waals surface area contributed by atoms with Gasteiger partial charge in [0.1, 0.15) is 17.6 Å². The third kappa shape index (κ3) is 1.91. The maximum Gasteiger partial charge on any atom is 0.170 e. The second-order valence-electron chi connectivity index (χ2n) is 3.42. The van der Waals surface area contributed by atoms with Crippen LogP contribution in [0.2, 0.25) is 0 Å². The number of aliphatic hydroxyl groups is 2. The Bertz CT molecular complexity index is 394. The van der Waals surface area contributed by atoms with E-state index in [-0.39, 0.29) is 8.41 Å². The third-order valence-corrected chi connectivity index (χ3v) is 2.34. The van der Waals surface area contributed by atoms with E-state index in [4.69, 9.17) is 4.42 Å². The van der Waals surface area contributed by atoms with Crippen molar-refractivity contribution in [3.63, 3.8) is 0 Å². The number of hydrogen-bond donors (Lipinski definition) is 2. The molecule has 3 nitrogen and oxygen atoms in total. The Morgan fingerprint density at radius 3 is 2.60 bits per heavy atom. The van der Waals surface area contributed by atoms with Gasteiger partial charge < -0.3 is 14.6 Å². The first-order chi connectivity index (χ1) is 6.63. The molecule has 2 atom stereocenters. The van der Waals surface area contributed by atoms with Crippen LogP contribution in [-0.2, 0) is 5.60 Å². The molecule has 4 heteroatoms. The van der Waals surface area contributed by atoms with E-state index < -0.39 is 11.7 Å². The molecule has 15 heavy (non-hydrogen) atoms. The fraction of sp³-hybridized carbons (Fsp3) is 0.273. The summed E-state index contributed by atoms with van der Waals surface area (Å²) in [5, 5.41) is 19.8. The summed E-state index contributed by atoms with van der Waals surface area (Å²) >= 11 is 0. The largest absolute Gasteiger partial charge is 0.463 e. The molecule has 2 rings (SSSR count). The third-order valence-electron chi connectivity index (χ3n) is 2.34. The maximum atomic E-state index is 10.1. The van der Waals surface area contributed by atoms with E-state index in [1.807, 2.05) is 0 Å². The molecular weight excluding hydrogens is 191 g/mol. The lowest BCUT2D eigenvalue weighted by Crippen LogP contribution is -2.37. The minimum atomic E-state index is -1.43. The van der Waals surface area contributed by atoms with Crippen molar-refractivity contribution in [1.29, 1.82) is 0 Å². The maximum absolute atomic E-state index is 10.1. The summed E-state index contributed by atoms with van der Waals surface area (Å²) in [5.41, 5.74) is -1.43. The Kier molecular flexibility index (Phi) is 3.22. The number of allylic oxidation sites excluding steroid dienone is 2. The molecule has 1 aliphatic rings. The van der Waals surface area contributed by atoms with Gasteiger partial charge in [0.25, 0.3) is 0 Å². The van der Waals surface area contributed by atoms with Crippen LogP contribution in [0.15, 0.2) is 40.9 Å². The summed E-state index contributed by atoms with van der Waals surface area (Å²) < 4.78 is 5.30. The number of hydrogen-bond acceptors (Lipinski definition) is 3. The molecule has 0 fully saturated rings. The summed E-state index contributed by atoms with van der Waals surface area (Å²) in [4.78, 5) is 0. The van der Waals surface area contributed by atoms with Gasteiger partial charge >= 0.3 is 0 Å². The molecule has 2 unspecified atom stereocenters. The van der Waals surface area contributed by atoms with Crippen molar-refractivity contribution in [1.82, 2.24) is 0 Å². The van der Waals surface area contributed by atoms with E-state index in [0.29, 0.717) is 11.5 Å². The van der Waals surface area contributed by atoms with Crippen LogP contribution in [0.1, 0.15) is 11.5 Å². The molecule has 0 amide bonds. The molecular formula is C11H12BO3. The Hall–Kier alpha value is -1.26. The standard InChI is InChI=1S/C11H12O3.B/c1-8-5-6-10(14-8)11(13)7-3-2-4-9(11)12;/h2-7,9,12-13H,1H3;. The van der Waals surface area contributed by atoms with Gasteiger partial charge in [-0.3, -0.25) is 0 Å². The molecule has 1 aliphatic carbocycles. The minimum absolute atomic E-state index is 0. The van der Waals surface area contributed by atoms with Crippen molar-refractivity contribution in [2.24, 2.45) is 0 Å². The first-order valence-corrected chi connectivity index (χ1v) is 4.46. The number of furan rings is 1. The van der Waals surface area contributed by atoms with Gasteiger partial charge in [0, 0.05) is 8.41 Å². The Labute approximate surface area is 90.3 Å². The van der Waals surface area contributed by atoms with E-state index in [1.54, 1.807) is 31.2 Å². The number of aliphatic hydroxyl groups excluding tert-OH is 1. The fourth-order valence-electron chi connectivity index (χ4n) is 1.49. The Morgan fingerprint density at radius 2 is 2.07 bits per heavy atom. The smallest absolute Gasteiger partial charge is 0.170 e. The van der Waals surface area contributed by atoms with Crippen LogP contribution < -0.4 is 0 Å². The molecule has 1 aromatic heterocycles. The molecule has 3 radical (unpaired) electrons. The van der Waals surface area contributed by atoms with Crippen LogP contribution in [0.4, 0.5) is 0 Å².